The molecule has 1 saturated heterocycles. The molecule has 158 valence electrons. The zero-order chi connectivity index (χ0) is 20.8. The molecule has 1 N–H and O–H groups in total. The van der Waals surface area contributed by atoms with Crippen LogP contribution in [0.2, 0.25) is 0 Å². The van der Waals surface area contributed by atoms with Gasteiger partial charge in [-0.2, -0.15) is 0 Å². The number of amides is 3. The van der Waals surface area contributed by atoms with Crippen LogP contribution in [0.15, 0.2) is 18.2 Å². The maximum Gasteiger partial charge on any atom is 0.326 e. The van der Waals surface area contributed by atoms with Crippen molar-refractivity contribution in [3.05, 3.63) is 29.3 Å². The Hall–Kier alpha value is -2.08. The summed E-state index contributed by atoms with van der Waals surface area (Å²) in [6.07, 6.45) is 4.16. The number of hydrogen-bond donors (Lipinski definition) is 1. The quantitative estimate of drug-likeness (QED) is 0.846. The Labute approximate surface area is 172 Å². The van der Waals surface area contributed by atoms with Gasteiger partial charge in [-0.1, -0.05) is 12.5 Å². The minimum atomic E-state index is -1.00. The Morgan fingerprint density at radius 3 is 2.69 bits per heavy atom. The lowest BCUT2D eigenvalue weighted by atomic mass is 9.48. The first-order chi connectivity index (χ1) is 13.9. The molecule has 0 aromatic heterocycles. The van der Waals surface area contributed by atoms with E-state index in [4.69, 9.17) is 4.74 Å². The topological polar surface area (TPSA) is 70.1 Å². The van der Waals surface area contributed by atoms with Crippen LogP contribution in [-0.2, 0) is 16.6 Å². The number of aliphatic hydroxyl groups is 1. The molecule has 2 aliphatic carbocycles. The average molecular weight is 401 g/mol. The minimum Gasteiger partial charge on any atom is -0.497 e. The molecule has 1 aromatic rings. The number of methoxy groups -OCH3 is 1. The van der Waals surface area contributed by atoms with E-state index in [-0.39, 0.29) is 24.3 Å². The van der Waals surface area contributed by atoms with Crippen LogP contribution in [-0.4, -0.2) is 59.2 Å². The summed E-state index contributed by atoms with van der Waals surface area (Å²) >= 11 is 0. The van der Waals surface area contributed by atoms with Gasteiger partial charge in [-0.15, -0.1) is 0 Å². The fourth-order valence-corrected chi connectivity index (χ4v) is 6.12. The molecule has 6 heteroatoms. The summed E-state index contributed by atoms with van der Waals surface area (Å²) in [5.74, 6) is 0.662. The summed E-state index contributed by atoms with van der Waals surface area (Å²) in [6, 6.07) is 5.83. The number of ether oxygens (including phenoxy) is 1. The Balaban J connectivity index is 1.91. The normalized spacial score (nSPS) is 32.1. The lowest BCUT2D eigenvalue weighted by Gasteiger charge is -2.58. The monoisotopic (exact) mass is 400 g/mol. The van der Waals surface area contributed by atoms with Crippen LogP contribution in [0.1, 0.15) is 57.1 Å². The molecule has 3 unspecified atom stereocenters. The van der Waals surface area contributed by atoms with Crippen molar-refractivity contribution in [2.75, 3.05) is 26.7 Å². The molecule has 0 radical (unpaired) electrons. The first kappa shape index (κ1) is 20.2. The van der Waals surface area contributed by atoms with Gasteiger partial charge in [0.1, 0.15) is 5.75 Å². The van der Waals surface area contributed by atoms with Gasteiger partial charge in [0.2, 0.25) is 5.91 Å². The van der Waals surface area contributed by atoms with E-state index < -0.39 is 11.0 Å². The summed E-state index contributed by atoms with van der Waals surface area (Å²) in [6.45, 7) is 5.10. The predicted molar refractivity (Wildman–Crippen MR) is 110 cm³/mol. The number of nitrogens with zero attached hydrogens (tertiary/aromatic N) is 2. The van der Waals surface area contributed by atoms with Gasteiger partial charge in [0.15, 0.2) is 0 Å². The minimum absolute atomic E-state index is 0.104. The highest BCUT2D eigenvalue weighted by molar-refractivity contribution is 5.95. The molecule has 0 spiro atoms. The van der Waals surface area contributed by atoms with Crippen LogP contribution >= 0.6 is 0 Å². The second-order valence-corrected chi connectivity index (χ2v) is 8.75. The second kappa shape index (κ2) is 7.31. The van der Waals surface area contributed by atoms with Crippen molar-refractivity contribution < 1.29 is 19.4 Å². The third-order valence-corrected chi connectivity index (χ3v) is 7.68. The molecule has 1 aromatic carbocycles. The van der Waals surface area contributed by atoms with Crippen LogP contribution in [0, 0.1) is 5.92 Å². The summed E-state index contributed by atoms with van der Waals surface area (Å²) in [4.78, 5) is 29.5. The third-order valence-electron chi connectivity index (χ3n) is 7.68. The average Bonchev–Trinajstić information content (AvgIpc) is 2.73. The predicted octanol–water partition coefficient (Wildman–Crippen LogP) is 3.10. The lowest BCUT2D eigenvalue weighted by molar-refractivity contribution is -0.148. The van der Waals surface area contributed by atoms with Gasteiger partial charge < -0.3 is 14.7 Å². The maximum atomic E-state index is 13.4. The van der Waals surface area contributed by atoms with Crippen LogP contribution in [0.3, 0.4) is 0 Å². The molecule has 1 heterocycles. The lowest BCUT2D eigenvalue weighted by Crippen LogP contribution is -2.63. The molecule has 2 fully saturated rings. The smallest absolute Gasteiger partial charge is 0.326 e. The van der Waals surface area contributed by atoms with Gasteiger partial charge in [0.25, 0.3) is 0 Å². The van der Waals surface area contributed by atoms with Gasteiger partial charge in [-0.25, -0.2) is 4.79 Å². The second-order valence-electron chi connectivity index (χ2n) is 8.75. The van der Waals surface area contributed by atoms with E-state index >= 15 is 0 Å². The standard InChI is InChI=1S/C23H32N2O4/c1-4-24-12-11-23(28)17-7-6-10-22(23,15-20(26)25(5-2)21(24)27)19-14-18(29-3)9-8-16(19)13-17/h8-9,14,17,28H,4-7,10-13,15H2,1-3H3. The van der Waals surface area contributed by atoms with Crippen molar-refractivity contribution in [1.29, 1.82) is 0 Å². The SMILES string of the molecule is CCN1CCC2(O)C3CCCC2(CC(=O)N(CC)C1=O)c1cc(OC)ccc1C3. The summed E-state index contributed by atoms with van der Waals surface area (Å²) < 4.78 is 5.49. The number of carbonyl (C=O) groups is 2. The fraction of sp³-hybridized carbons (Fsp3) is 0.652. The van der Waals surface area contributed by atoms with Crippen molar-refractivity contribution in [3.63, 3.8) is 0 Å². The molecular weight excluding hydrogens is 368 g/mol. The van der Waals surface area contributed by atoms with E-state index in [1.165, 1.54) is 10.5 Å². The third kappa shape index (κ3) is 2.87. The van der Waals surface area contributed by atoms with E-state index in [0.29, 0.717) is 26.1 Å². The van der Waals surface area contributed by atoms with Gasteiger partial charge in [0, 0.05) is 31.5 Å². The van der Waals surface area contributed by atoms with Crippen molar-refractivity contribution >= 4 is 11.9 Å². The Morgan fingerprint density at radius 2 is 2.00 bits per heavy atom. The van der Waals surface area contributed by atoms with Gasteiger partial charge >= 0.3 is 6.03 Å². The number of fused-ring (bicyclic) bond motifs is 1. The highest BCUT2D eigenvalue weighted by Crippen LogP contribution is 2.59. The van der Waals surface area contributed by atoms with Gasteiger partial charge in [0.05, 0.1) is 12.7 Å². The first-order valence-corrected chi connectivity index (χ1v) is 10.9. The van der Waals surface area contributed by atoms with E-state index in [9.17, 15) is 14.7 Å². The Morgan fingerprint density at radius 1 is 1.21 bits per heavy atom. The fourth-order valence-electron chi connectivity index (χ4n) is 6.12. The van der Waals surface area contributed by atoms with Crippen molar-refractivity contribution in [3.8, 4) is 5.75 Å². The zero-order valence-corrected chi connectivity index (χ0v) is 17.7. The summed E-state index contributed by atoms with van der Waals surface area (Å²) in [5.41, 5.74) is 0.565. The molecule has 4 rings (SSSR count). The zero-order valence-electron chi connectivity index (χ0n) is 17.7. The van der Waals surface area contributed by atoms with E-state index in [1.54, 1.807) is 12.0 Å². The van der Waals surface area contributed by atoms with Gasteiger partial charge in [-0.05, 0) is 68.7 Å². The van der Waals surface area contributed by atoms with Crippen LogP contribution < -0.4 is 4.74 Å². The number of rotatable bonds is 3. The highest BCUT2D eigenvalue weighted by Gasteiger charge is 2.61. The molecule has 1 aliphatic heterocycles. The highest BCUT2D eigenvalue weighted by atomic mass is 16.5. The molecule has 3 atom stereocenters. The van der Waals surface area contributed by atoms with Crippen molar-refractivity contribution in [2.24, 2.45) is 5.92 Å². The largest absolute Gasteiger partial charge is 0.497 e. The molecule has 6 nitrogen and oxygen atoms in total. The van der Waals surface area contributed by atoms with Crippen LogP contribution in [0.4, 0.5) is 4.79 Å². The van der Waals surface area contributed by atoms with E-state index in [2.05, 4.69) is 6.07 Å². The number of carbonyl (C=O) groups excluding carboxylic acids is 2. The number of imide groups is 1. The van der Waals surface area contributed by atoms with Gasteiger partial charge in [-0.3, -0.25) is 9.69 Å². The molecule has 3 amide bonds. The molecule has 3 aliphatic rings. The molecule has 2 bridgehead atoms. The van der Waals surface area contributed by atoms with Crippen LogP contribution in [0.5, 0.6) is 5.75 Å². The van der Waals surface area contributed by atoms with Crippen LogP contribution in [0.25, 0.3) is 0 Å². The summed E-state index contributed by atoms with van der Waals surface area (Å²) in [5, 5.41) is 12.2. The first-order valence-electron chi connectivity index (χ1n) is 10.9. The summed E-state index contributed by atoms with van der Waals surface area (Å²) in [7, 11) is 1.64. The van der Waals surface area contributed by atoms with E-state index in [1.807, 2.05) is 26.0 Å². The Bertz CT molecular complexity index is 825. The maximum absolute atomic E-state index is 13.4. The van der Waals surface area contributed by atoms with E-state index in [0.717, 1.165) is 37.0 Å². The molecular formula is C23H32N2O4. The number of urea groups is 1. The number of benzene rings is 1. The van der Waals surface area contributed by atoms with Crippen molar-refractivity contribution in [1.82, 2.24) is 9.80 Å². The number of hydrogen-bond acceptors (Lipinski definition) is 4. The van der Waals surface area contributed by atoms with Crippen molar-refractivity contribution in [2.45, 2.75) is 63.4 Å². The molecule has 29 heavy (non-hydrogen) atoms. The molecule has 1 saturated carbocycles. The Kier molecular flexibility index (Phi) is 5.09.